The van der Waals surface area contributed by atoms with E-state index in [0.717, 1.165) is 23.6 Å². The zero-order valence-electron chi connectivity index (χ0n) is 9.53. The highest BCUT2D eigenvalue weighted by Crippen LogP contribution is 2.12. The zero-order chi connectivity index (χ0) is 11.8. The molecule has 0 saturated carbocycles. The van der Waals surface area contributed by atoms with Crippen molar-refractivity contribution in [1.82, 2.24) is 0 Å². The van der Waals surface area contributed by atoms with Crippen LogP contribution in [0.1, 0.15) is 19.8 Å². The lowest BCUT2D eigenvalue weighted by atomic mass is 10.3. The van der Waals surface area contributed by atoms with E-state index in [0.29, 0.717) is 12.1 Å². The predicted octanol–water partition coefficient (Wildman–Crippen LogP) is 2.74. The Hall–Kier alpha value is -1.16. The SMILES string of the molecule is CCCSCCC(=O)Nc1cccc(N)c1. The highest BCUT2D eigenvalue weighted by atomic mass is 32.2. The molecule has 4 heteroatoms. The van der Waals surface area contributed by atoms with E-state index < -0.39 is 0 Å². The van der Waals surface area contributed by atoms with Crippen molar-refractivity contribution in [2.45, 2.75) is 19.8 Å². The molecule has 1 rings (SSSR count). The van der Waals surface area contributed by atoms with E-state index in [9.17, 15) is 4.79 Å². The molecule has 0 aliphatic carbocycles. The number of amides is 1. The lowest BCUT2D eigenvalue weighted by Crippen LogP contribution is -2.12. The van der Waals surface area contributed by atoms with E-state index >= 15 is 0 Å². The first-order valence-electron chi connectivity index (χ1n) is 5.45. The monoisotopic (exact) mass is 238 g/mol. The van der Waals surface area contributed by atoms with Crippen LogP contribution in [0.25, 0.3) is 0 Å². The largest absolute Gasteiger partial charge is 0.399 e. The Labute approximate surface area is 101 Å². The van der Waals surface area contributed by atoms with Gasteiger partial charge in [0.1, 0.15) is 0 Å². The van der Waals surface area contributed by atoms with Gasteiger partial charge in [-0.2, -0.15) is 11.8 Å². The minimum absolute atomic E-state index is 0.0502. The van der Waals surface area contributed by atoms with E-state index in [-0.39, 0.29) is 5.91 Å². The first-order valence-corrected chi connectivity index (χ1v) is 6.61. The average Bonchev–Trinajstić information content (AvgIpc) is 2.24. The molecule has 1 aromatic carbocycles. The number of hydrogen-bond acceptors (Lipinski definition) is 3. The molecular weight excluding hydrogens is 220 g/mol. The molecule has 1 aromatic rings. The van der Waals surface area contributed by atoms with Gasteiger partial charge in [-0.25, -0.2) is 0 Å². The molecule has 0 aromatic heterocycles. The Bertz CT molecular complexity index is 342. The summed E-state index contributed by atoms with van der Waals surface area (Å²) in [4.78, 5) is 11.5. The Balaban J connectivity index is 2.29. The second kappa shape index (κ2) is 7.17. The van der Waals surface area contributed by atoms with Crippen LogP contribution in [0.2, 0.25) is 0 Å². The normalized spacial score (nSPS) is 10.1. The van der Waals surface area contributed by atoms with Gasteiger partial charge < -0.3 is 11.1 Å². The van der Waals surface area contributed by atoms with Gasteiger partial charge in [0.2, 0.25) is 5.91 Å². The molecule has 0 aliphatic rings. The fourth-order valence-corrected chi connectivity index (χ4v) is 2.07. The van der Waals surface area contributed by atoms with Crippen LogP contribution in [0, 0.1) is 0 Å². The zero-order valence-corrected chi connectivity index (χ0v) is 10.3. The Morgan fingerprint density at radius 2 is 2.25 bits per heavy atom. The maximum absolute atomic E-state index is 11.5. The number of nitrogens with one attached hydrogen (secondary N) is 1. The molecule has 16 heavy (non-hydrogen) atoms. The maximum atomic E-state index is 11.5. The van der Waals surface area contributed by atoms with Gasteiger partial charge >= 0.3 is 0 Å². The van der Waals surface area contributed by atoms with Crippen LogP contribution in [0.4, 0.5) is 11.4 Å². The number of benzene rings is 1. The molecule has 1 amide bonds. The molecule has 0 unspecified atom stereocenters. The molecule has 0 radical (unpaired) electrons. The summed E-state index contributed by atoms with van der Waals surface area (Å²) >= 11 is 1.81. The van der Waals surface area contributed by atoms with E-state index in [4.69, 9.17) is 5.73 Å². The fraction of sp³-hybridized carbons (Fsp3) is 0.417. The van der Waals surface area contributed by atoms with Crippen molar-refractivity contribution >= 4 is 29.0 Å². The fourth-order valence-electron chi connectivity index (χ4n) is 1.25. The highest BCUT2D eigenvalue weighted by Gasteiger charge is 2.01. The molecule has 0 fully saturated rings. The van der Waals surface area contributed by atoms with Crippen LogP contribution in [-0.4, -0.2) is 17.4 Å². The third-order valence-electron chi connectivity index (χ3n) is 1.99. The summed E-state index contributed by atoms with van der Waals surface area (Å²) in [5, 5.41) is 2.83. The molecule has 0 spiro atoms. The number of carbonyl (C=O) groups is 1. The molecule has 0 atom stereocenters. The molecular formula is C12H18N2OS. The van der Waals surface area contributed by atoms with Crippen molar-refractivity contribution in [2.24, 2.45) is 0 Å². The van der Waals surface area contributed by atoms with E-state index in [1.807, 2.05) is 23.9 Å². The van der Waals surface area contributed by atoms with Crippen molar-refractivity contribution in [1.29, 1.82) is 0 Å². The van der Waals surface area contributed by atoms with Gasteiger partial charge in [-0.15, -0.1) is 0 Å². The van der Waals surface area contributed by atoms with Crippen molar-refractivity contribution < 1.29 is 4.79 Å². The number of anilines is 2. The Morgan fingerprint density at radius 3 is 2.94 bits per heavy atom. The number of thioether (sulfide) groups is 1. The summed E-state index contributed by atoms with van der Waals surface area (Å²) in [7, 11) is 0. The van der Waals surface area contributed by atoms with E-state index in [1.54, 1.807) is 12.1 Å². The minimum Gasteiger partial charge on any atom is -0.399 e. The topological polar surface area (TPSA) is 55.1 Å². The Morgan fingerprint density at radius 1 is 1.44 bits per heavy atom. The molecule has 3 N–H and O–H groups in total. The van der Waals surface area contributed by atoms with Crippen LogP contribution >= 0.6 is 11.8 Å². The summed E-state index contributed by atoms with van der Waals surface area (Å²) < 4.78 is 0. The van der Waals surface area contributed by atoms with Crippen molar-refractivity contribution in [3.05, 3.63) is 24.3 Å². The third-order valence-corrected chi connectivity index (χ3v) is 3.18. The third kappa shape index (κ3) is 5.07. The van der Waals surface area contributed by atoms with Crippen LogP contribution < -0.4 is 11.1 Å². The first-order chi connectivity index (χ1) is 7.72. The standard InChI is InChI=1S/C12H18N2OS/c1-2-7-16-8-6-12(15)14-11-5-3-4-10(13)9-11/h3-5,9H,2,6-8,13H2,1H3,(H,14,15). The van der Waals surface area contributed by atoms with Crippen LogP contribution in [0.3, 0.4) is 0 Å². The molecule has 88 valence electrons. The van der Waals surface area contributed by atoms with Gasteiger partial charge in [-0.1, -0.05) is 13.0 Å². The lowest BCUT2D eigenvalue weighted by Gasteiger charge is -2.05. The summed E-state index contributed by atoms with van der Waals surface area (Å²) in [6.07, 6.45) is 1.71. The number of nitrogen functional groups attached to an aromatic ring is 1. The second-order valence-electron chi connectivity index (χ2n) is 3.54. The van der Waals surface area contributed by atoms with Gasteiger partial charge in [0.15, 0.2) is 0 Å². The minimum atomic E-state index is 0.0502. The summed E-state index contributed by atoms with van der Waals surface area (Å²) in [5.74, 6) is 2.04. The molecule has 0 aliphatic heterocycles. The van der Waals surface area contributed by atoms with Crippen LogP contribution in [-0.2, 0) is 4.79 Å². The van der Waals surface area contributed by atoms with Gasteiger partial charge in [0, 0.05) is 23.5 Å². The first kappa shape index (κ1) is 12.9. The number of carbonyl (C=O) groups excluding carboxylic acids is 1. The number of rotatable bonds is 6. The molecule has 3 nitrogen and oxygen atoms in total. The lowest BCUT2D eigenvalue weighted by molar-refractivity contribution is -0.115. The average molecular weight is 238 g/mol. The Kier molecular flexibility index (Phi) is 5.78. The highest BCUT2D eigenvalue weighted by molar-refractivity contribution is 7.99. The van der Waals surface area contributed by atoms with Gasteiger partial charge in [-0.05, 0) is 30.4 Å². The number of hydrogen-bond donors (Lipinski definition) is 2. The summed E-state index contributed by atoms with van der Waals surface area (Å²) in [5.41, 5.74) is 7.05. The maximum Gasteiger partial charge on any atom is 0.225 e. The van der Waals surface area contributed by atoms with Crippen molar-refractivity contribution in [3.63, 3.8) is 0 Å². The molecule has 0 bridgehead atoms. The second-order valence-corrected chi connectivity index (χ2v) is 4.76. The quantitative estimate of drug-likeness (QED) is 0.592. The smallest absolute Gasteiger partial charge is 0.225 e. The summed E-state index contributed by atoms with van der Waals surface area (Å²) in [6, 6.07) is 7.23. The van der Waals surface area contributed by atoms with Crippen LogP contribution in [0.15, 0.2) is 24.3 Å². The van der Waals surface area contributed by atoms with Crippen molar-refractivity contribution in [3.8, 4) is 0 Å². The van der Waals surface area contributed by atoms with Gasteiger partial charge in [-0.3, -0.25) is 4.79 Å². The van der Waals surface area contributed by atoms with Crippen molar-refractivity contribution in [2.75, 3.05) is 22.6 Å². The summed E-state index contributed by atoms with van der Waals surface area (Å²) in [6.45, 7) is 2.14. The molecule has 0 heterocycles. The number of nitrogens with two attached hydrogens (primary N) is 1. The predicted molar refractivity (Wildman–Crippen MR) is 71.7 cm³/mol. The van der Waals surface area contributed by atoms with E-state index in [2.05, 4.69) is 12.2 Å². The molecule has 0 saturated heterocycles. The van der Waals surface area contributed by atoms with Gasteiger partial charge in [0.25, 0.3) is 0 Å². The van der Waals surface area contributed by atoms with Gasteiger partial charge in [0.05, 0.1) is 0 Å². The van der Waals surface area contributed by atoms with E-state index in [1.165, 1.54) is 0 Å². The van der Waals surface area contributed by atoms with Crippen LogP contribution in [0.5, 0.6) is 0 Å².